The molecule has 0 aliphatic carbocycles. The molecule has 0 saturated heterocycles. The number of anilines is 2. The van der Waals surface area contributed by atoms with E-state index in [4.69, 9.17) is 9.47 Å². The van der Waals surface area contributed by atoms with Gasteiger partial charge in [-0.1, -0.05) is 30.3 Å². The molecular weight excluding hydrogens is 396 g/mol. The van der Waals surface area contributed by atoms with E-state index in [1.807, 2.05) is 18.2 Å². The van der Waals surface area contributed by atoms with Crippen molar-refractivity contribution in [2.75, 3.05) is 31.4 Å². The van der Waals surface area contributed by atoms with E-state index in [1.165, 1.54) is 28.0 Å². The van der Waals surface area contributed by atoms with Crippen LogP contribution in [0.4, 0.5) is 11.4 Å². The second-order valence-electron chi connectivity index (χ2n) is 9.44. The van der Waals surface area contributed by atoms with Crippen LogP contribution < -0.4 is 19.7 Å². The van der Waals surface area contributed by atoms with Gasteiger partial charge in [0.1, 0.15) is 11.5 Å². The summed E-state index contributed by atoms with van der Waals surface area (Å²) in [6.07, 6.45) is 2.10. The number of hydrogen-bond acceptors (Lipinski definition) is 4. The minimum Gasteiger partial charge on any atom is -0.496 e. The second kappa shape index (κ2) is 7.33. The number of ether oxygens (including phenoxy) is 2. The summed E-state index contributed by atoms with van der Waals surface area (Å²) in [4.78, 5) is 2.11. The number of methoxy groups -OCH3 is 1. The molecule has 0 amide bonds. The van der Waals surface area contributed by atoms with Crippen molar-refractivity contribution in [2.24, 2.45) is 0 Å². The molecule has 164 valence electrons. The molecule has 32 heavy (non-hydrogen) atoms. The fourth-order valence-electron chi connectivity index (χ4n) is 5.05. The Hall–Kier alpha value is -3.40. The van der Waals surface area contributed by atoms with Gasteiger partial charge in [-0.25, -0.2) is 0 Å². The van der Waals surface area contributed by atoms with E-state index >= 15 is 0 Å². The maximum atomic E-state index is 6.71. The standard InChI is InChI=1S/C28H30N2O2/c1-17-16-28(2,3)29-21-15-14-20-25-22(31-6)8-7-9-23(25)32-27(26(20)24(17)21)18-10-12-19(13-11-18)30(4)5/h7-16,27,29H,1-6H3. The highest BCUT2D eigenvalue weighted by atomic mass is 16.5. The summed E-state index contributed by atoms with van der Waals surface area (Å²) in [5.41, 5.74) is 9.21. The van der Waals surface area contributed by atoms with E-state index in [1.54, 1.807) is 7.11 Å². The van der Waals surface area contributed by atoms with Crippen molar-refractivity contribution in [3.63, 3.8) is 0 Å². The van der Waals surface area contributed by atoms with Crippen LogP contribution in [-0.4, -0.2) is 26.7 Å². The van der Waals surface area contributed by atoms with Crippen LogP contribution in [0.2, 0.25) is 0 Å². The Kier molecular flexibility index (Phi) is 4.70. The quantitative estimate of drug-likeness (QED) is 0.517. The van der Waals surface area contributed by atoms with Gasteiger partial charge in [0.15, 0.2) is 6.10 Å². The minimum absolute atomic E-state index is 0.0979. The van der Waals surface area contributed by atoms with Crippen molar-refractivity contribution in [1.82, 2.24) is 0 Å². The summed E-state index contributed by atoms with van der Waals surface area (Å²) < 4.78 is 12.4. The normalized spacial score (nSPS) is 17.7. The summed E-state index contributed by atoms with van der Waals surface area (Å²) in [5, 5.41) is 3.70. The van der Waals surface area contributed by atoms with E-state index in [0.717, 1.165) is 28.3 Å². The third kappa shape index (κ3) is 3.22. The molecule has 2 aliphatic heterocycles. The Balaban J connectivity index is 1.77. The number of allylic oxidation sites excluding steroid dienone is 1. The lowest BCUT2D eigenvalue weighted by molar-refractivity contribution is 0.242. The highest BCUT2D eigenvalue weighted by Gasteiger charge is 2.35. The van der Waals surface area contributed by atoms with Gasteiger partial charge in [0.25, 0.3) is 0 Å². The smallest absolute Gasteiger partial charge is 0.150 e. The van der Waals surface area contributed by atoms with Crippen LogP contribution in [-0.2, 0) is 0 Å². The monoisotopic (exact) mass is 426 g/mol. The third-order valence-electron chi connectivity index (χ3n) is 6.37. The molecule has 0 spiro atoms. The number of benzene rings is 3. The fourth-order valence-corrected chi connectivity index (χ4v) is 5.05. The van der Waals surface area contributed by atoms with Crippen LogP contribution in [0.5, 0.6) is 11.5 Å². The molecule has 2 aliphatic rings. The number of rotatable bonds is 3. The highest BCUT2D eigenvalue weighted by molar-refractivity contribution is 5.91. The average Bonchev–Trinajstić information content (AvgIpc) is 2.76. The largest absolute Gasteiger partial charge is 0.496 e. The van der Waals surface area contributed by atoms with Gasteiger partial charge >= 0.3 is 0 Å². The zero-order chi connectivity index (χ0) is 22.6. The Morgan fingerprint density at radius 2 is 1.72 bits per heavy atom. The Labute approximate surface area is 190 Å². The molecule has 0 fully saturated rings. The van der Waals surface area contributed by atoms with Gasteiger partial charge in [-0.3, -0.25) is 0 Å². The molecule has 4 nitrogen and oxygen atoms in total. The van der Waals surface area contributed by atoms with Gasteiger partial charge < -0.3 is 19.7 Å². The molecule has 3 aromatic carbocycles. The number of nitrogens with one attached hydrogen (secondary N) is 1. The molecule has 0 aromatic heterocycles. The van der Waals surface area contributed by atoms with Crippen molar-refractivity contribution >= 4 is 16.9 Å². The van der Waals surface area contributed by atoms with Crippen molar-refractivity contribution in [1.29, 1.82) is 0 Å². The molecule has 4 heteroatoms. The minimum atomic E-state index is -0.206. The number of hydrogen-bond donors (Lipinski definition) is 1. The van der Waals surface area contributed by atoms with Crippen LogP contribution in [0.25, 0.3) is 16.7 Å². The van der Waals surface area contributed by atoms with Gasteiger partial charge in [-0.2, -0.15) is 0 Å². The summed E-state index contributed by atoms with van der Waals surface area (Å²) in [6.45, 7) is 6.60. The lowest BCUT2D eigenvalue weighted by Gasteiger charge is -2.37. The van der Waals surface area contributed by atoms with Gasteiger partial charge in [0.2, 0.25) is 0 Å². The average molecular weight is 427 g/mol. The summed E-state index contributed by atoms with van der Waals surface area (Å²) in [7, 11) is 5.83. The van der Waals surface area contributed by atoms with Gasteiger partial charge in [0, 0.05) is 36.6 Å². The SMILES string of the molecule is COc1cccc2c1-c1ccc3c(c1C(c1ccc(N(C)C)cc1)O2)C(C)=CC(C)(C)N3. The molecule has 1 N–H and O–H groups in total. The second-order valence-corrected chi connectivity index (χ2v) is 9.44. The molecule has 0 radical (unpaired) electrons. The van der Waals surface area contributed by atoms with E-state index in [2.05, 4.69) is 87.6 Å². The molecule has 2 heterocycles. The lowest BCUT2D eigenvalue weighted by atomic mass is 9.80. The topological polar surface area (TPSA) is 33.7 Å². The summed E-state index contributed by atoms with van der Waals surface area (Å²) >= 11 is 0. The van der Waals surface area contributed by atoms with Gasteiger partial charge in [-0.15, -0.1) is 0 Å². The van der Waals surface area contributed by atoms with Crippen molar-refractivity contribution in [2.45, 2.75) is 32.4 Å². The molecule has 0 bridgehead atoms. The van der Waals surface area contributed by atoms with Crippen LogP contribution in [0.15, 0.2) is 60.7 Å². The van der Waals surface area contributed by atoms with Crippen LogP contribution in [0, 0.1) is 0 Å². The predicted octanol–water partition coefficient (Wildman–Crippen LogP) is 6.52. The van der Waals surface area contributed by atoms with Gasteiger partial charge in [-0.05, 0) is 67.8 Å². The first kappa shape index (κ1) is 20.5. The maximum absolute atomic E-state index is 6.71. The Morgan fingerprint density at radius 1 is 0.969 bits per heavy atom. The molecule has 0 saturated carbocycles. The highest BCUT2D eigenvalue weighted by Crippen LogP contribution is 2.53. The zero-order valence-electron chi connectivity index (χ0n) is 19.6. The van der Waals surface area contributed by atoms with Crippen LogP contribution >= 0.6 is 0 Å². The van der Waals surface area contributed by atoms with Crippen molar-refractivity contribution in [3.05, 3.63) is 77.4 Å². The molecule has 1 atom stereocenters. The first-order chi connectivity index (χ1) is 15.3. The zero-order valence-corrected chi connectivity index (χ0v) is 19.6. The lowest BCUT2D eigenvalue weighted by Crippen LogP contribution is -2.32. The number of fused-ring (bicyclic) bond motifs is 5. The fraction of sp³-hybridized carbons (Fsp3) is 0.286. The van der Waals surface area contributed by atoms with E-state index in [9.17, 15) is 0 Å². The maximum Gasteiger partial charge on any atom is 0.150 e. The van der Waals surface area contributed by atoms with E-state index in [-0.39, 0.29) is 11.6 Å². The predicted molar refractivity (Wildman–Crippen MR) is 133 cm³/mol. The molecular formula is C28H30N2O2. The summed E-state index contributed by atoms with van der Waals surface area (Å²) in [5.74, 6) is 1.68. The van der Waals surface area contributed by atoms with Crippen LogP contribution in [0.3, 0.4) is 0 Å². The summed E-state index contributed by atoms with van der Waals surface area (Å²) in [6, 6.07) is 19.1. The Bertz CT molecular complexity index is 1220. The van der Waals surface area contributed by atoms with Crippen molar-refractivity contribution < 1.29 is 9.47 Å². The van der Waals surface area contributed by atoms with E-state index in [0.29, 0.717) is 0 Å². The number of nitrogens with zero attached hydrogens (tertiary/aromatic N) is 1. The third-order valence-corrected chi connectivity index (χ3v) is 6.37. The molecule has 1 unspecified atom stereocenters. The van der Waals surface area contributed by atoms with E-state index < -0.39 is 0 Å². The van der Waals surface area contributed by atoms with Gasteiger partial charge in [0.05, 0.1) is 18.2 Å². The first-order valence-electron chi connectivity index (χ1n) is 11.1. The molecule has 3 aromatic rings. The molecule has 5 rings (SSSR count). The van der Waals surface area contributed by atoms with Crippen LogP contribution in [0.1, 0.15) is 43.6 Å². The Morgan fingerprint density at radius 3 is 2.41 bits per heavy atom. The first-order valence-corrected chi connectivity index (χ1v) is 11.1. The van der Waals surface area contributed by atoms with Crippen molar-refractivity contribution in [3.8, 4) is 22.6 Å².